The highest BCUT2D eigenvalue weighted by Crippen LogP contribution is 2.23. The molecule has 1 aromatic rings. The SMILES string of the molecule is CCCNC(=O)COc1ccc(Br)c(CC(C)N)c1. The summed E-state index contributed by atoms with van der Waals surface area (Å²) in [7, 11) is 0. The van der Waals surface area contributed by atoms with E-state index in [9.17, 15) is 4.79 Å². The lowest BCUT2D eigenvalue weighted by atomic mass is 10.1. The zero-order valence-electron chi connectivity index (χ0n) is 11.4. The number of amides is 1. The average Bonchev–Trinajstić information content (AvgIpc) is 2.36. The number of hydrogen-bond acceptors (Lipinski definition) is 3. The Labute approximate surface area is 122 Å². The molecule has 1 rings (SSSR count). The molecule has 0 aliphatic carbocycles. The zero-order valence-corrected chi connectivity index (χ0v) is 13.0. The van der Waals surface area contributed by atoms with Gasteiger partial charge in [-0.3, -0.25) is 4.79 Å². The summed E-state index contributed by atoms with van der Waals surface area (Å²) in [5, 5.41) is 2.77. The third-order valence-electron chi connectivity index (χ3n) is 2.50. The third kappa shape index (κ3) is 6.07. The van der Waals surface area contributed by atoms with Crippen molar-refractivity contribution >= 4 is 21.8 Å². The van der Waals surface area contributed by atoms with Crippen molar-refractivity contribution in [2.24, 2.45) is 5.73 Å². The van der Waals surface area contributed by atoms with Gasteiger partial charge in [0.2, 0.25) is 0 Å². The third-order valence-corrected chi connectivity index (χ3v) is 3.27. The van der Waals surface area contributed by atoms with Gasteiger partial charge in [-0.25, -0.2) is 0 Å². The molecule has 0 aromatic heterocycles. The van der Waals surface area contributed by atoms with Crippen molar-refractivity contribution in [1.82, 2.24) is 5.32 Å². The average molecular weight is 329 g/mol. The lowest BCUT2D eigenvalue weighted by molar-refractivity contribution is -0.123. The van der Waals surface area contributed by atoms with Gasteiger partial charge >= 0.3 is 0 Å². The Kier molecular flexibility index (Phi) is 6.87. The Morgan fingerprint density at radius 1 is 1.53 bits per heavy atom. The number of rotatable bonds is 7. The van der Waals surface area contributed by atoms with Gasteiger partial charge in [0.1, 0.15) is 5.75 Å². The van der Waals surface area contributed by atoms with E-state index in [1.807, 2.05) is 32.0 Å². The second kappa shape index (κ2) is 8.17. The van der Waals surface area contributed by atoms with Gasteiger partial charge in [-0.1, -0.05) is 22.9 Å². The quantitative estimate of drug-likeness (QED) is 0.806. The summed E-state index contributed by atoms with van der Waals surface area (Å²) in [5.74, 6) is 0.587. The molecule has 4 nitrogen and oxygen atoms in total. The Bertz CT molecular complexity index is 422. The minimum atomic E-state index is -0.0986. The number of nitrogens with one attached hydrogen (secondary N) is 1. The number of carbonyl (C=O) groups is 1. The largest absolute Gasteiger partial charge is 0.484 e. The monoisotopic (exact) mass is 328 g/mol. The second-order valence-corrected chi connectivity index (χ2v) is 5.43. The van der Waals surface area contributed by atoms with Gasteiger partial charge in [-0.15, -0.1) is 0 Å². The van der Waals surface area contributed by atoms with Crippen LogP contribution in [-0.4, -0.2) is 25.1 Å². The van der Waals surface area contributed by atoms with Crippen molar-refractivity contribution in [1.29, 1.82) is 0 Å². The van der Waals surface area contributed by atoms with E-state index in [4.69, 9.17) is 10.5 Å². The fourth-order valence-corrected chi connectivity index (χ4v) is 2.02. The maximum Gasteiger partial charge on any atom is 0.257 e. The van der Waals surface area contributed by atoms with Crippen molar-refractivity contribution in [3.63, 3.8) is 0 Å². The summed E-state index contributed by atoms with van der Waals surface area (Å²) in [5.41, 5.74) is 6.88. The molecule has 0 fully saturated rings. The summed E-state index contributed by atoms with van der Waals surface area (Å²) >= 11 is 3.48. The highest BCUT2D eigenvalue weighted by molar-refractivity contribution is 9.10. The van der Waals surface area contributed by atoms with E-state index in [0.717, 1.165) is 22.9 Å². The van der Waals surface area contributed by atoms with Crippen LogP contribution in [0.2, 0.25) is 0 Å². The molecule has 0 heterocycles. The van der Waals surface area contributed by atoms with Gasteiger partial charge in [-0.05, 0) is 43.5 Å². The van der Waals surface area contributed by atoms with Gasteiger partial charge in [0.25, 0.3) is 5.91 Å². The first kappa shape index (κ1) is 16.0. The summed E-state index contributed by atoms with van der Waals surface area (Å²) in [6.07, 6.45) is 1.68. The standard InChI is InChI=1S/C14H21BrN2O2/c1-3-6-17-14(18)9-19-12-4-5-13(15)11(8-12)7-10(2)16/h4-5,8,10H,3,6-7,9,16H2,1-2H3,(H,17,18). The topological polar surface area (TPSA) is 64.3 Å². The molecule has 3 N–H and O–H groups in total. The molecule has 1 aromatic carbocycles. The fourth-order valence-electron chi connectivity index (χ4n) is 1.61. The van der Waals surface area contributed by atoms with E-state index >= 15 is 0 Å². The number of hydrogen-bond donors (Lipinski definition) is 2. The van der Waals surface area contributed by atoms with Crippen molar-refractivity contribution in [3.8, 4) is 5.75 Å². The normalized spacial score (nSPS) is 12.0. The minimum absolute atomic E-state index is 0.0409. The Balaban J connectivity index is 2.56. The summed E-state index contributed by atoms with van der Waals surface area (Å²) < 4.78 is 6.48. The predicted molar refractivity (Wildman–Crippen MR) is 80.3 cm³/mol. The molecule has 0 bridgehead atoms. The molecular formula is C14H21BrN2O2. The number of ether oxygens (including phenoxy) is 1. The summed E-state index contributed by atoms with van der Waals surface area (Å²) in [4.78, 5) is 11.4. The molecular weight excluding hydrogens is 308 g/mol. The molecule has 1 amide bonds. The van der Waals surface area contributed by atoms with Crippen LogP contribution < -0.4 is 15.8 Å². The molecule has 106 valence electrons. The lowest BCUT2D eigenvalue weighted by Crippen LogP contribution is -2.29. The van der Waals surface area contributed by atoms with E-state index in [2.05, 4.69) is 21.2 Å². The molecule has 0 saturated carbocycles. The van der Waals surface area contributed by atoms with Crippen LogP contribution in [0, 0.1) is 0 Å². The van der Waals surface area contributed by atoms with Gasteiger partial charge in [0.05, 0.1) is 0 Å². The van der Waals surface area contributed by atoms with Crippen LogP contribution in [0.15, 0.2) is 22.7 Å². The maximum atomic E-state index is 11.4. The van der Waals surface area contributed by atoms with Gasteiger partial charge in [-0.2, -0.15) is 0 Å². The van der Waals surface area contributed by atoms with E-state index in [0.29, 0.717) is 12.3 Å². The highest BCUT2D eigenvalue weighted by atomic mass is 79.9. The number of carbonyl (C=O) groups excluding carboxylic acids is 1. The van der Waals surface area contributed by atoms with E-state index in [1.54, 1.807) is 0 Å². The van der Waals surface area contributed by atoms with Crippen molar-refractivity contribution in [2.75, 3.05) is 13.2 Å². The van der Waals surface area contributed by atoms with Crippen LogP contribution in [-0.2, 0) is 11.2 Å². The van der Waals surface area contributed by atoms with Crippen LogP contribution in [0.3, 0.4) is 0 Å². The van der Waals surface area contributed by atoms with Crippen LogP contribution in [0.4, 0.5) is 0 Å². The number of nitrogens with two attached hydrogens (primary N) is 1. The van der Waals surface area contributed by atoms with Gasteiger partial charge in [0.15, 0.2) is 6.61 Å². The minimum Gasteiger partial charge on any atom is -0.484 e. The second-order valence-electron chi connectivity index (χ2n) is 4.57. The molecule has 0 radical (unpaired) electrons. The first-order valence-corrected chi connectivity index (χ1v) is 7.25. The summed E-state index contributed by atoms with van der Waals surface area (Å²) in [6, 6.07) is 5.75. The number of benzene rings is 1. The molecule has 0 spiro atoms. The Hall–Kier alpha value is -1.07. The lowest BCUT2D eigenvalue weighted by Gasteiger charge is -2.11. The predicted octanol–water partition coefficient (Wildman–Crippen LogP) is 2.24. The first-order valence-electron chi connectivity index (χ1n) is 6.46. The molecule has 1 unspecified atom stereocenters. The van der Waals surface area contributed by atoms with Gasteiger partial charge < -0.3 is 15.8 Å². The van der Waals surface area contributed by atoms with Crippen molar-refractivity contribution in [3.05, 3.63) is 28.2 Å². The molecule has 0 saturated heterocycles. The Morgan fingerprint density at radius 3 is 2.89 bits per heavy atom. The maximum absolute atomic E-state index is 11.4. The molecule has 0 aliphatic heterocycles. The van der Waals surface area contributed by atoms with Crippen LogP contribution in [0.1, 0.15) is 25.8 Å². The highest BCUT2D eigenvalue weighted by Gasteiger charge is 2.07. The van der Waals surface area contributed by atoms with E-state index in [-0.39, 0.29) is 18.6 Å². The van der Waals surface area contributed by atoms with Crippen molar-refractivity contribution < 1.29 is 9.53 Å². The summed E-state index contributed by atoms with van der Waals surface area (Å²) in [6.45, 7) is 4.69. The van der Waals surface area contributed by atoms with E-state index in [1.165, 1.54) is 0 Å². The fraction of sp³-hybridized carbons (Fsp3) is 0.500. The molecule has 19 heavy (non-hydrogen) atoms. The van der Waals surface area contributed by atoms with Crippen LogP contribution >= 0.6 is 15.9 Å². The van der Waals surface area contributed by atoms with Crippen molar-refractivity contribution in [2.45, 2.75) is 32.7 Å². The molecule has 1 atom stereocenters. The zero-order chi connectivity index (χ0) is 14.3. The Morgan fingerprint density at radius 2 is 2.26 bits per heavy atom. The first-order chi connectivity index (χ1) is 9.02. The molecule has 5 heteroatoms. The van der Waals surface area contributed by atoms with E-state index < -0.39 is 0 Å². The van der Waals surface area contributed by atoms with Crippen LogP contribution in [0.5, 0.6) is 5.75 Å². The van der Waals surface area contributed by atoms with Gasteiger partial charge in [0, 0.05) is 17.1 Å². The van der Waals surface area contributed by atoms with Crippen LogP contribution in [0.25, 0.3) is 0 Å². The number of halogens is 1. The molecule has 0 aliphatic rings. The smallest absolute Gasteiger partial charge is 0.257 e.